The van der Waals surface area contributed by atoms with Crippen LogP contribution in [0.2, 0.25) is 0 Å². The van der Waals surface area contributed by atoms with Gasteiger partial charge in [-0.1, -0.05) is 103 Å². The summed E-state index contributed by atoms with van der Waals surface area (Å²) >= 11 is 0. The number of carbonyl (C=O) groups is 2. The molecule has 0 saturated heterocycles. The third kappa shape index (κ3) is 4.45. The number of Topliss-reactive ketones (excluding diaryl/α,β-unsaturated/α-hetero) is 2. The molecular weight excluding hydrogens is 538 g/mol. The van der Waals surface area contributed by atoms with E-state index in [1.165, 1.54) is 10.8 Å². The molecule has 0 radical (unpaired) electrons. The molecule has 0 aliphatic heterocycles. The number of anilines is 2. The first-order valence-electron chi connectivity index (χ1n) is 15.0. The van der Waals surface area contributed by atoms with Crippen molar-refractivity contribution in [1.82, 2.24) is 0 Å². The number of allylic oxidation sites excluding steroid dienone is 8. The number of fused-ring (bicyclic) bond motifs is 4. The zero-order valence-corrected chi connectivity index (χ0v) is 24.3. The summed E-state index contributed by atoms with van der Waals surface area (Å²) < 4.78 is 0. The predicted octanol–water partition coefficient (Wildman–Crippen LogP) is 9.71. The predicted molar refractivity (Wildman–Crippen MR) is 180 cm³/mol. The minimum absolute atomic E-state index is 0.200. The van der Waals surface area contributed by atoms with Gasteiger partial charge in [0.25, 0.3) is 0 Å². The summed E-state index contributed by atoms with van der Waals surface area (Å²) in [6, 6.07) is 33.1. The first-order chi connectivity index (χ1) is 21.5. The minimum Gasteiger partial charge on any atom is -0.311 e. The number of benzene rings is 5. The van der Waals surface area contributed by atoms with Gasteiger partial charge in [0, 0.05) is 40.0 Å². The fourth-order valence-electron chi connectivity index (χ4n) is 6.59. The monoisotopic (exact) mass is 567 g/mol. The molecule has 0 fully saturated rings. The summed E-state index contributed by atoms with van der Waals surface area (Å²) in [6.07, 6.45) is 17.4. The molecule has 0 bridgehead atoms. The van der Waals surface area contributed by atoms with Gasteiger partial charge in [-0.05, 0) is 82.6 Å². The van der Waals surface area contributed by atoms with Crippen molar-refractivity contribution in [1.29, 1.82) is 0 Å². The first-order valence-corrected chi connectivity index (χ1v) is 15.0. The molecule has 0 saturated carbocycles. The highest BCUT2D eigenvalue weighted by atomic mass is 16.2. The Morgan fingerprint density at radius 1 is 0.614 bits per heavy atom. The number of aryl methyl sites for hydroxylation is 1. The molecule has 2 unspecified atom stereocenters. The largest absolute Gasteiger partial charge is 0.311 e. The standard InChI is InChI=1S/C41H29NO2/c1-26-10-19-37-38(20-26)41(44)39(40(37)43)22-27-11-12-33-25-36(18-15-32(33)21-27)42(34-16-13-28-6-2-4-8-30(28)23-34)35-17-14-29-7-3-5-9-31(29)24-35/h2-25,28,30H,1H3/b39-22-. The fraction of sp³-hybridized carbons (Fsp3) is 0.0732. The Kier molecular flexibility index (Phi) is 6.13. The van der Waals surface area contributed by atoms with Crippen molar-refractivity contribution < 1.29 is 9.59 Å². The summed E-state index contributed by atoms with van der Waals surface area (Å²) in [5, 5.41) is 4.53. The number of carbonyl (C=O) groups excluding carboxylic acids is 2. The summed E-state index contributed by atoms with van der Waals surface area (Å²) in [4.78, 5) is 28.5. The molecule has 3 aliphatic carbocycles. The molecule has 5 aromatic carbocycles. The minimum atomic E-state index is -0.203. The average molecular weight is 568 g/mol. The summed E-state index contributed by atoms with van der Waals surface area (Å²) in [7, 11) is 0. The third-order valence-electron chi connectivity index (χ3n) is 8.89. The highest BCUT2D eigenvalue weighted by Gasteiger charge is 2.33. The number of nitrogens with zero attached hydrogens (tertiary/aromatic N) is 1. The maximum absolute atomic E-state index is 13.1. The van der Waals surface area contributed by atoms with Crippen LogP contribution in [0.3, 0.4) is 0 Å². The second kappa shape index (κ2) is 10.3. The second-order valence-electron chi connectivity index (χ2n) is 11.8. The van der Waals surface area contributed by atoms with Crippen molar-refractivity contribution in [2.75, 3.05) is 4.90 Å². The van der Waals surface area contributed by atoms with Gasteiger partial charge in [-0.3, -0.25) is 9.59 Å². The lowest BCUT2D eigenvalue weighted by molar-refractivity contribution is 0.0990. The van der Waals surface area contributed by atoms with Gasteiger partial charge in [0.2, 0.25) is 0 Å². The normalized spacial score (nSPS) is 19.5. The van der Waals surface area contributed by atoms with Crippen LogP contribution in [0.15, 0.2) is 151 Å². The number of hydrogen-bond donors (Lipinski definition) is 0. The average Bonchev–Trinajstić information content (AvgIpc) is 3.28. The Bertz CT molecular complexity index is 2190. The third-order valence-corrected chi connectivity index (χ3v) is 8.89. The van der Waals surface area contributed by atoms with Crippen LogP contribution >= 0.6 is 0 Å². The Balaban J connectivity index is 1.19. The fourth-order valence-corrected chi connectivity index (χ4v) is 6.59. The summed E-state index contributed by atoms with van der Waals surface area (Å²) in [6.45, 7) is 1.93. The lowest BCUT2D eigenvalue weighted by Gasteiger charge is -2.31. The summed E-state index contributed by atoms with van der Waals surface area (Å²) in [5.74, 6) is 0.289. The van der Waals surface area contributed by atoms with E-state index in [0.717, 1.165) is 39.0 Å². The number of hydrogen-bond acceptors (Lipinski definition) is 3. The van der Waals surface area contributed by atoms with Gasteiger partial charge in [0.1, 0.15) is 0 Å². The number of ketones is 2. The van der Waals surface area contributed by atoms with E-state index in [0.29, 0.717) is 23.0 Å². The van der Waals surface area contributed by atoms with Crippen molar-refractivity contribution in [2.24, 2.45) is 11.8 Å². The molecule has 3 aliphatic rings. The van der Waals surface area contributed by atoms with Crippen molar-refractivity contribution >= 4 is 50.6 Å². The van der Waals surface area contributed by atoms with E-state index in [1.807, 2.05) is 25.1 Å². The molecule has 2 atom stereocenters. The highest BCUT2D eigenvalue weighted by molar-refractivity contribution is 6.41. The van der Waals surface area contributed by atoms with Gasteiger partial charge in [0.05, 0.1) is 5.57 Å². The zero-order chi connectivity index (χ0) is 29.8. The molecule has 0 amide bonds. The van der Waals surface area contributed by atoms with Crippen molar-refractivity contribution in [3.05, 3.63) is 173 Å². The highest BCUT2D eigenvalue weighted by Crippen LogP contribution is 2.38. The first kappa shape index (κ1) is 26.1. The Hall–Kier alpha value is -5.54. The Morgan fingerprint density at radius 3 is 2.09 bits per heavy atom. The van der Waals surface area contributed by atoms with Crippen molar-refractivity contribution in [2.45, 2.75) is 6.92 Å². The van der Waals surface area contributed by atoms with E-state index < -0.39 is 0 Å². The molecule has 210 valence electrons. The molecule has 8 rings (SSSR count). The SMILES string of the molecule is Cc1ccc2c(c1)C(=O)/C(=C\c1ccc3cc(N(C4=CC5C=CC=CC5C=C4)c4ccc5ccccc5c4)ccc3c1)C2=O. The number of rotatable bonds is 4. The van der Waals surface area contributed by atoms with Crippen LogP contribution in [-0.4, -0.2) is 11.6 Å². The van der Waals surface area contributed by atoms with Crippen molar-refractivity contribution in [3.63, 3.8) is 0 Å². The smallest absolute Gasteiger partial charge is 0.197 e. The van der Waals surface area contributed by atoms with Gasteiger partial charge < -0.3 is 4.90 Å². The van der Waals surface area contributed by atoms with Crippen molar-refractivity contribution in [3.8, 4) is 0 Å². The van der Waals surface area contributed by atoms with Crippen LogP contribution in [-0.2, 0) is 0 Å². The van der Waals surface area contributed by atoms with E-state index in [2.05, 4.69) is 114 Å². The molecule has 3 nitrogen and oxygen atoms in total. The van der Waals surface area contributed by atoms with E-state index in [9.17, 15) is 9.59 Å². The van der Waals surface area contributed by atoms with Gasteiger partial charge >= 0.3 is 0 Å². The quantitative estimate of drug-likeness (QED) is 0.160. The summed E-state index contributed by atoms with van der Waals surface area (Å²) in [5.41, 5.74) is 6.31. The van der Waals surface area contributed by atoms with Crippen LogP contribution in [0.1, 0.15) is 31.8 Å². The lowest BCUT2D eigenvalue weighted by Crippen LogP contribution is -2.21. The van der Waals surface area contributed by atoms with Gasteiger partial charge in [-0.15, -0.1) is 0 Å². The van der Waals surface area contributed by atoms with Gasteiger partial charge in [0.15, 0.2) is 11.6 Å². The second-order valence-corrected chi connectivity index (χ2v) is 11.8. The van der Waals surface area contributed by atoms with Crippen LogP contribution in [0.4, 0.5) is 11.4 Å². The van der Waals surface area contributed by atoms with Crippen LogP contribution < -0.4 is 4.90 Å². The molecule has 0 spiro atoms. The topological polar surface area (TPSA) is 37.4 Å². The molecule has 44 heavy (non-hydrogen) atoms. The van der Waals surface area contributed by atoms with Gasteiger partial charge in [-0.25, -0.2) is 0 Å². The molecule has 3 heteroatoms. The molecule has 0 N–H and O–H groups in total. The maximum atomic E-state index is 13.1. The van der Waals surface area contributed by atoms with Crippen LogP contribution in [0.25, 0.3) is 27.6 Å². The Morgan fingerprint density at radius 2 is 1.27 bits per heavy atom. The molecule has 0 heterocycles. The van der Waals surface area contributed by atoms with E-state index in [1.54, 1.807) is 18.2 Å². The molecule has 0 aromatic heterocycles. The van der Waals surface area contributed by atoms with E-state index in [4.69, 9.17) is 0 Å². The van der Waals surface area contributed by atoms with Crippen LogP contribution in [0, 0.1) is 18.8 Å². The van der Waals surface area contributed by atoms with Gasteiger partial charge in [-0.2, -0.15) is 0 Å². The van der Waals surface area contributed by atoms with E-state index >= 15 is 0 Å². The zero-order valence-electron chi connectivity index (χ0n) is 24.3. The Labute approximate surface area is 256 Å². The van der Waals surface area contributed by atoms with E-state index in [-0.39, 0.29) is 17.1 Å². The molecular formula is C41H29NO2. The van der Waals surface area contributed by atoms with Crippen LogP contribution in [0.5, 0.6) is 0 Å². The molecule has 5 aromatic rings. The maximum Gasteiger partial charge on any atom is 0.197 e. The lowest BCUT2D eigenvalue weighted by atomic mass is 9.84.